The lowest BCUT2D eigenvalue weighted by molar-refractivity contribution is 0.415. The predicted octanol–water partition coefficient (Wildman–Crippen LogP) is 4.09. The largest absolute Gasteiger partial charge is 0.497 e. The van der Waals surface area contributed by atoms with E-state index in [2.05, 4.69) is 37.0 Å². The van der Waals surface area contributed by atoms with Crippen LogP contribution >= 0.6 is 12.2 Å². The van der Waals surface area contributed by atoms with E-state index in [4.69, 9.17) is 22.7 Å². The number of H-pyrrole nitrogens is 1. The second kappa shape index (κ2) is 5.46. The smallest absolute Gasteiger partial charge is 0.119 e. The third-order valence-corrected chi connectivity index (χ3v) is 4.12. The van der Waals surface area contributed by atoms with Crippen molar-refractivity contribution in [2.24, 2.45) is 5.73 Å². The van der Waals surface area contributed by atoms with Crippen LogP contribution in [0.2, 0.25) is 0 Å². The maximum atomic E-state index is 6.01. The third kappa shape index (κ3) is 2.35. The molecule has 4 heteroatoms. The summed E-state index contributed by atoms with van der Waals surface area (Å²) in [5.74, 6) is 0.788. The maximum absolute atomic E-state index is 6.01. The Bertz CT molecular complexity index is 880. The van der Waals surface area contributed by atoms with Gasteiger partial charge in [0.1, 0.15) is 10.7 Å². The van der Waals surface area contributed by atoms with Crippen LogP contribution in [0.4, 0.5) is 0 Å². The van der Waals surface area contributed by atoms with E-state index in [1.807, 2.05) is 18.2 Å². The number of methoxy groups -OCH3 is 1. The average molecular weight is 310 g/mol. The highest BCUT2D eigenvalue weighted by molar-refractivity contribution is 7.80. The van der Waals surface area contributed by atoms with Crippen molar-refractivity contribution >= 4 is 28.1 Å². The molecule has 0 amide bonds. The highest BCUT2D eigenvalue weighted by atomic mass is 32.1. The summed E-state index contributed by atoms with van der Waals surface area (Å²) >= 11 is 5.30. The molecule has 0 aliphatic heterocycles. The normalized spacial score (nSPS) is 10.9. The van der Waals surface area contributed by atoms with Crippen molar-refractivity contribution in [2.45, 2.75) is 13.8 Å². The number of thiocarbonyl (C=S) groups is 1. The first-order valence-corrected chi connectivity index (χ1v) is 7.49. The van der Waals surface area contributed by atoms with Gasteiger partial charge in [0.15, 0.2) is 0 Å². The van der Waals surface area contributed by atoms with Gasteiger partial charge < -0.3 is 15.5 Å². The molecule has 0 fully saturated rings. The Labute approximate surface area is 135 Å². The summed E-state index contributed by atoms with van der Waals surface area (Å²) in [4.78, 5) is 3.84. The number of fused-ring (bicyclic) bond motifs is 1. The van der Waals surface area contributed by atoms with Crippen LogP contribution in [0.1, 0.15) is 16.7 Å². The number of rotatable bonds is 3. The molecule has 3 nitrogen and oxygen atoms in total. The molecule has 3 aromatic rings. The zero-order chi connectivity index (χ0) is 15.9. The molecule has 22 heavy (non-hydrogen) atoms. The first-order chi connectivity index (χ1) is 10.5. The Morgan fingerprint density at radius 2 is 1.91 bits per heavy atom. The Morgan fingerprint density at radius 3 is 2.59 bits per heavy atom. The number of ether oxygens (including phenoxy) is 1. The lowest BCUT2D eigenvalue weighted by atomic mass is 9.99. The fourth-order valence-corrected chi connectivity index (χ4v) is 2.97. The van der Waals surface area contributed by atoms with Crippen LogP contribution in [0, 0.1) is 13.8 Å². The quantitative estimate of drug-likeness (QED) is 0.716. The van der Waals surface area contributed by atoms with Crippen LogP contribution in [0.15, 0.2) is 36.4 Å². The number of aryl methyl sites for hydroxylation is 2. The highest BCUT2D eigenvalue weighted by Gasteiger charge is 2.17. The van der Waals surface area contributed by atoms with Crippen molar-refractivity contribution in [1.29, 1.82) is 0 Å². The molecule has 3 N–H and O–H groups in total. The number of aromatic amines is 1. The predicted molar refractivity (Wildman–Crippen MR) is 95.6 cm³/mol. The molecule has 0 aliphatic carbocycles. The zero-order valence-electron chi connectivity index (χ0n) is 12.9. The number of nitrogens with two attached hydrogens (primary N) is 1. The Kier molecular flexibility index (Phi) is 3.62. The van der Waals surface area contributed by atoms with E-state index in [0.29, 0.717) is 4.99 Å². The van der Waals surface area contributed by atoms with Crippen molar-refractivity contribution < 1.29 is 4.74 Å². The van der Waals surface area contributed by atoms with E-state index in [1.165, 1.54) is 11.1 Å². The molecule has 0 saturated carbocycles. The monoisotopic (exact) mass is 310 g/mol. The molecule has 1 heterocycles. The van der Waals surface area contributed by atoms with Gasteiger partial charge in [0.2, 0.25) is 0 Å². The number of hydrogen-bond acceptors (Lipinski definition) is 2. The van der Waals surface area contributed by atoms with Gasteiger partial charge in [0.05, 0.1) is 12.8 Å². The van der Waals surface area contributed by atoms with Gasteiger partial charge in [-0.15, -0.1) is 0 Å². The summed E-state index contributed by atoms with van der Waals surface area (Å²) in [5.41, 5.74) is 12.4. The minimum Gasteiger partial charge on any atom is -0.497 e. The van der Waals surface area contributed by atoms with Gasteiger partial charge in [-0.05, 0) is 43.7 Å². The topological polar surface area (TPSA) is 51.0 Å². The molecule has 2 aromatic carbocycles. The second-order valence-corrected chi connectivity index (χ2v) is 5.91. The molecule has 112 valence electrons. The van der Waals surface area contributed by atoms with Crippen LogP contribution in [-0.4, -0.2) is 17.1 Å². The summed E-state index contributed by atoms with van der Waals surface area (Å²) in [6, 6.07) is 12.2. The van der Waals surface area contributed by atoms with Crippen LogP contribution in [-0.2, 0) is 0 Å². The molecule has 0 spiro atoms. The Hall–Kier alpha value is -2.33. The fourth-order valence-electron chi connectivity index (χ4n) is 2.76. The van der Waals surface area contributed by atoms with Gasteiger partial charge in [-0.3, -0.25) is 0 Å². The number of aromatic nitrogens is 1. The molecule has 0 bridgehead atoms. The fraction of sp³-hybridized carbons (Fsp3) is 0.167. The van der Waals surface area contributed by atoms with Crippen LogP contribution in [0.3, 0.4) is 0 Å². The first kappa shape index (κ1) is 14.6. The molecule has 0 atom stereocenters. The molecule has 0 saturated heterocycles. The minimum atomic E-state index is 0.385. The summed E-state index contributed by atoms with van der Waals surface area (Å²) in [5, 5.41) is 0.989. The summed E-state index contributed by atoms with van der Waals surface area (Å²) in [6.07, 6.45) is 0. The molecule has 0 unspecified atom stereocenters. The van der Waals surface area contributed by atoms with Crippen molar-refractivity contribution in [2.75, 3.05) is 7.11 Å². The van der Waals surface area contributed by atoms with Gasteiger partial charge in [-0.1, -0.05) is 29.9 Å². The molecule has 3 rings (SSSR count). The van der Waals surface area contributed by atoms with E-state index < -0.39 is 0 Å². The highest BCUT2D eigenvalue weighted by Crippen LogP contribution is 2.34. The Morgan fingerprint density at radius 1 is 1.14 bits per heavy atom. The lowest BCUT2D eigenvalue weighted by Crippen LogP contribution is -2.10. The van der Waals surface area contributed by atoms with Gasteiger partial charge in [0.25, 0.3) is 0 Å². The van der Waals surface area contributed by atoms with Crippen LogP contribution < -0.4 is 10.5 Å². The number of benzene rings is 2. The first-order valence-electron chi connectivity index (χ1n) is 7.08. The minimum absolute atomic E-state index is 0.385. The zero-order valence-corrected chi connectivity index (χ0v) is 13.7. The standard InChI is InChI=1S/C18H18N2OS/c1-10-4-5-11(2)13(8-10)17-16(18(19)22)14-9-12(21-3)6-7-15(14)20-17/h4-9,20H,1-3H3,(H2,19,22). The lowest BCUT2D eigenvalue weighted by Gasteiger charge is -2.08. The second-order valence-electron chi connectivity index (χ2n) is 5.47. The van der Waals surface area contributed by atoms with E-state index in [-0.39, 0.29) is 0 Å². The summed E-state index contributed by atoms with van der Waals surface area (Å²) in [6.45, 7) is 4.17. The van der Waals surface area contributed by atoms with Crippen molar-refractivity contribution in [1.82, 2.24) is 4.98 Å². The summed E-state index contributed by atoms with van der Waals surface area (Å²) < 4.78 is 5.32. The molecule has 1 aromatic heterocycles. The van der Waals surface area contributed by atoms with E-state index in [9.17, 15) is 0 Å². The molecular weight excluding hydrogens is 292 g/mol. The van der Waals surface area contributed by atoms with Gasteiger partial charge >= 0.3 is 0 Å². The van der Waals surface area contributed by atoms with E-state index >= 15 is 0 Å². The third-order valence-electron chi connectivity index (χ3n) is 3.91. The number of hydrogen-bond donors (Lipinski definition) is 2. The molecule has 0 radical (unpaired) electrons. The van der Waals surface area contributed by atoms with Gasteiger partial charge in [-0.25, -0.2) is 0 Å². The van der Waals surface area contributed by atoms with Crippen molar-refractivity contribution in [3.8, 4) is 17.0 Å². The van der Waals surface area contributed by atoms with Crippen molar-refractivity contribution in [3.05, 3.63) is 53.1 Å². The van der Waals surface area contributed by atoms with Crippen LogP contribution in [0.25, 0.3) is 22.2 Å². The van der Waals surface area contributed by atoms with E-state index in [1.54, 1.807) is 7.11 Å². The van der Waals surface area contributed by atoms with Crippen LogP contribution in [0.5, 0.6) is 5.75 Å². The van der Waals surface area contributed by atoms with Gasteiger partial charge in [0, 0.05) is 22.0 Å². The summed E-state index contributed by atoms with van der Waals surface area (Å²) in [7, 11) is 1.65. The van der Waals surface area contributed by atoms with Crippen molar-refractivity contribution in [3.63, 3.8) is 0 Å². The van der Waals surface area contributed by atoms with E-state index in [0.717, 1.165) is 33.5 Å². The maximum Gasteiger partial charge on any atom is 0.119 e. The average Bonchev–Trinajstić information content (AvgIpc) is 2.87. The van der Waals surface area contributed by atoms with Gasteiger partial charge in [-0.2, -0.15) is 0 Å². The molecule has 0 aliphatic rings. The SMILES string of the molecule is COc1ccc2[nH]c(-c3cc(C)ccc3C)c(C(N)=S)c2c1. The Balaban J connectivity index is 2.36. The molecular formula is C18H18N2OS. The number of nitrogens with one attached hydrogen (secondary N) is 1.